The van der Waals surface area contributed by atoms with Crippen LogP contribution in [0.5, 0.6) is 0 Å². The second-order valence-corrected chi connectivity index (χ2v) is 6.14. The minimum Gasteiger partial charge on any atom is -0.444 e. The molecule has 28 heavy (non-hydrogen) atoms. The molecule has 0 aliphatic rings. The summed E-state index contributed by atoms with van der Waals surface area (Å²) in [4.78, 5) is 42.8. The molecule has 4 rings (SSSR count). The number of carbonyl (C=O) groups is 1. The van der Waals surface area contributed by atoms with E-state index in [1.54, 1.807) is 49.5 Å². The molecule has 0 bridgehead atoms. The van der Waals surface area contributed by atoms with E-state index in [-0.39, 0.29) is 5.91 Å². The topological polar surface area (TPSA) is 110 Å². The van der Waals surface area contributed by atoms with Crippen molar-refractivity contribution in [2.24, 2.45) is 0 Å². The molecule has 2 heterocycles. The van der Waals surface area contributed by atoms with Gasteiger partial charge in [-0.15, -0.1) is 0 Å². The Balaban J connectivity index is 1.66. The number of H-pyrrole nitrogens is 1. The number of nitrogens with one attached hydrogen (secondary N) is 2. The van der Waals surface area contributed by atoms with Crippen molar-refractivity contribution in [3.63, 3.8) is 0 Å². The normalized spacial score (nSPS) is 10.9. The lowest BCUT2D eigenvalue weighted by Crippen LogP contribution is -2.36. The van der Waals surface area contributed by atoms with Crippen molar-refractivity contribution in [2.45, 2.75) is 13.5 Å². The number of amides is 1. The number of hydrogen-bond donors (Lipinski definition) is 2. The molecule has 1 amide bonds. The maximum atomic E-state index is 12.7. The highest BCUT2D eigenvalue weighted by molar-refractivity contribution is 6.06. The fourth-order valence-electron chi connectivity index (χ4n) is 3.05. The van der Waals surface area contributed by atoms with Gasteiger partial charge in [-0.2, -0.15) is 0 Å². The van der Waals surface area contributed by atoms with Crippen LogP contribution < -0.4 is 16.4 Å². The number of nitrogens with zero attached hydrogens (tertiary/aromatic N) is 2. The number of aromatic amines is 1. The van der Waals surface area contributed by atoms with Crippen molar-refractivity contribution < 1.29 is 9.21 Å². The van der Waals surface area contributed by atoms with Crippen molar-refractivity contribution in [2.75, 3.05) is 5.32 Å². The van der Waals surface area contributed by atoms with E-state index in [1.165, 1.54) is 11.0 Å². The lowest BCUT2D eigenvalue weighted by atomic mass is 10.1. The van der Waals surface area contributed by atoms with Crippen LogP contribution >= 0.6 is 0 Å². The molecule has 0 saturated carbocycles. The Morgan fingerprint density at radius 1 is 1.21 bits per heavy atom. The van der Waals surface area contributed by atoms with E-state index in [4.69, 9.17) is 4.42 Å². The molecular formula is C20H16N4O4. The predicted octanol–water partition coefficient (Wildman–Crippen LogP) is 2.62. The molecule has 140 valence electrons. The second kappa shape index (κ2) is 6.99. The van der Waals surface area contributed by atoms with Crippen molar-refractivity contribution in [3.8, 4) is 11.3 Å². The Morgan fingerprint density at radius 3 is 2.82 bits per heavy atom. The second-order valence-electron chi connectivity index (χ2n) is 6.14. The van der Waals surface area contributed by atoms with Crippen LogP contribution in [0.2, 0.25) is 0 Å². The number of aromatic nitrogens is 3. The first kappa shape index (κ1) is 17.5. The first-order valence-corrected chi connectivity index (χ1v) is 8.64. The first-order valence-electron chi connectivity index (χ1n) is 8.64. The summed E-state index contributed by atoms with van der Waals surface area (Å²) in [6.07, 6.45) is 2.93. The number of anilines is 1. The van der Waals surface area contributed by atoms with Crippen LogP contribution in [0.25, 0.3) is 22.4 Å². The van der Waals surface area contributed by atoms with Crippen LogP contribution in [0.4, 0.5) is 5.69 Å². The van der Waals surface area contributed by atoms with E-state index in [2.05, 4.69) is 15.3 Å². The van der Waals surface area contributed by atoms with Crippen molar-refractivity contribution >= 4 is 22.6 Å². The summed E-state index contributed by atoms with van der Waals surface area (Å²) in [7, 11) is 0. The van der Waals surface area contributed by atoms with Crippen LogP contribution in [-0.4, -0.2) is 20.4 Å². The molecule has 0 aliphatic carbocycles. The largest absolute Gasteiger partial charge is 0.444 e. The molecule has 8 nitrogen and oxygen atoms in total. The molecule has 0 fully saturated rings. The Kier molecular flexibility index (Phi) is 4.36. The van der Waals surface area contributed by atoms with Gasteiger partial charge in [0.2, 0.25) is 0 Å². The zero-order valence-corrected chi connectivity index (χ0v) is 14.9. The maximum Gasteiger partial charge on any atom is 0.316 e. The average Bonchev–Trinajstić information content (AvgIpc) is 3.24. The monoisotopic (exact) mass is 376 g/mol. The quantitative estimate of drug-likeness (QED) is 0.532. The van der Waals surface area contributed by atoms with Crippen molar-refractivity contribution in [1.29, 1.82) is 0 Å². The minimum absolute atomic E-state index is 0.341. The van der Waals surface area contributed by atoms with Gasteiger partial charge in [0.15, 0.2) is 12.2 Å². The van der Waals surface area contributed by atoms with Crippen LogP contribution in [0.1, 0.15) is 17.3 Å². The summed E-state index contributed by atoms with van der Waals surface area (Å²) in [6.45, 7) is 2.14. The number of aryl methyl sites for hydroxylation is 1. The van der Waals surface area contributed by atoms with Gasteiger partial charge in [0, 0.05) is 23.4 Å². The molecule has 0 unspecified atom stereocenters. The third-order valence-corrected chi connectivity index (χ3v) is 4.39. The highest BCUT2D eigenvalue weighted by atomic mass is 16.3. The van der Waals surface area contributed by atoms with E-state index in [0.29, 0.717) is 34.6 Å². The smallest absolute Gasteiger partial charge is 0.316 e. The number of benzene rings is 2. The Hall–Kier alpha value is -3.94. The van der Waals surface area contributed by atoms with Gasteiger partial charge in [-0.25, -0.2) is 4.98 Å². The minimum atomic E-state index is -0.716. The van der Waals surface area contributed by atoms with Gasteiger partial charge in [0.25, 0.3) is 5.91 Å². The summed E-state index contributed by atoms with van der Waals surface area (Å²) in [6, 6.07) is 12.0. The Bertz CT molecular complexity index is 1290. The van der Waals surface area contributed by atoms with E-state index in [1.807, 2.05) is 6.07 Å². The number of fused-ring (bicyclic) bond motifs is 1. The first-order chi connectivity index (χ1) is 13.6. The SMILES string of the molecule is CCn1c(=O)c(=O)[nH]c2cc(C(=O)Nc3cccc(-c4cnco4)c3)ccc21. The number of rotatable bonds is 4. The average molecular weight is 376 g/mol. The van der Waals surface area contributed by atoms with Crippen molar-refractivity contribution in [3.05, 3.63) is 81.3 Å². The predicted molar refractivity (Wildman–Crippen MR) is 104 cm³/mol. The van der Waals surface area contributed by atoms with Gasteiger partial charge in [-0.3, -0.25) is 14.4 Å². The lowest BCUT2D eigenvalue weighted by Gasteiger charge is -2.10. The van der Waals surface area contributed by atoms with E-state index in [0.717, 1.165) is 5.56 Å². The van der Waals surface area contributed by atoms with Crippen LogP contribution in [0.15, 0.2) is 69.1 Å². The molecule has 0 aliphatic heterocycles. The molecule has 2 aromatic heterocycles. The third kappa shape index (κ3) is 3.11. The van der Waals surface area contributed by atoms with Crippen LogP contribution in [0, 0.1) is 0 Å². The Morgan fingerprint density at radius 2 is 2.07 bits per heavy atom. The van der Waals surface area contributed by atoms with Crippen LogP contribution in [0.3, 0.4) is 0 Å². The molecule has 8 heteroatoms. The molecule has 0 spiro atoms. The standard InChI is InChI=1S/C20H16N4O4/c1-2-24-16-7-6-13(9-15(16)23-19(26)20(24)27)18(25)22-14-5-3-4-12(8-14)17-10-21-11-28-17/h3-11H,2H2,1H3,(H,22,25)(H,23,26). The van der Waals surface area contributed by atoms with E-state index >= 15 is 0 Å². The zero-order chi connectivity index (χ0) is 19.7. The number of carbonyl (C=O) groups excluding carboxylic acids is 1. The Labute approximate surface area is 158 Å². The molecule has 4 aromatic rings. The van der Waals surface area contributed by atoms with Crippen molar-refractivity contribution in [1.82, 2.24) is 14.5 Å². The van der Waals surface area contributed by atoms with Crippen LogP contribution in [-0.2, 0) is 6.54 Å². The van der Waals surface area contributed by atoms with Gasteiger partial charge in [-0.05, 0) is 37.3 Å². The molecule has 2 aromatic carbocycles. The molecule has 0 saturated heterocycles. The summed E-state index contributed by atoms with van der Waals surface area (Å²) in [5, 5.41) is 2.82. The number of hydrogen-bond acceptors (Lipinski definition) is 5. The maximum absolute atomic E-state index is 12.7. The van der Waals surface area contributed by atoms with Gasteiger partial charge >= 0.3 is 11.1 Å². The summed E-state index contributed by atoms with van der Waals surface area (Å²) < 4.78 is 6.64. The summed E-state index contributed by atoms with van der Waals surface area (Å²) >= 11 is 0. The van der Waals surface area contributed by atoms with Gasteiger partial charge in [0.1, 0.15) is 0 Å². The molecule has 0 radical (unpaired) electrons. The van der Waals surface area contributed by atoms with Gasteiger partial charge in [0.05, 0.1) is 17.2 Å². The summed E-state index contributed by atoms with van der Waals surface area (Å²) in [5.41, 5.74) is 1.39. The zero-order valence-electron chi connectivity index (χ0n) is 14.9. The van der Waals surface area contributed by atoms with Gasteiger partial charge in [-0.1, -0.05) is 12.1 Å². The highest BCUT2D eigenvalue weighted by Crippen LogP contribution is 2.22. The molecule has 2 N–H and O–H groups in total. The van der Waals surface area contributed by atoms with Gasteiger partial charge < -0.3 is 19.3 Å². The van der Waals surface area contributed by atoms with E-state index < -0.39 is 11.1 Å². The fourth-order valence-corrected chi connectivity index (χ4v) is 3.05. The third-order valence-electron chi connectivity index (χ3n) is 4.39. The fraction of sp³-hybridized carbons (Fsp3) is 0.100. The molecular weight excluding hydrogens is 360 g/mol. The highest BCUT2D eigenvalue weighted by Gasteiger charge is 2.12. The van der Waals surface area contributed by atoms with E-state index in [9.17, 15) is 14.4 Å². The number of oxazole rings is 1. The lowest BCUT2D eigenvalue weighted by molar-refractivity contribution is 0.102. The summed E-state index contributed by atoms with van der Waals surface area (Å²) in [5.74, 6) is 0.253. The molecule has 0 atom stereocenters.